The number of nitrogens with zero attached hydrogens (tertiary/aromatic N) is 5. The maximum atomic E-state index is 14.0. The monoisotopic (exact) mass is 533 g/mol. The highest BCUT2D eigenvalue weighted by Crippen LogP contribution is 2.31. The van der Waals surface area contributed by atoms with Crippen molar-refractivity contribution < 1.29 is 14.2 Å². The Balaban J connectivity index is 1.85. The highest BCUT2D eigenvalue weighted by molar-refractivity contribution is 5.89. The first-order valence-electron chi connectivity index (χ1n) is 12.1. The summed E-state index contributed by atoms with van der Waals surface area (Å²) in [5, 5.41) is 19.0. The van der Waals surface area contributed by atoms with Crippen LogP contribution >= 0.6 is 0 Å². The lowest BCUT2D eigenvalue weighted by atomic mass is 10.1. The molecule has 2 heterocycles. The number of ether oxygens (including phenoxy) is 3. The van der Waals surface area contributed by atoms with Gasteiger partial charge in [-0.15, -0.1) is 0 Å². The smallest absolute Gasteiger partial charge is 0.299 e. The standard InChI is InChI=1S/C30H23N5O5/c1-38-21-14-12-20(13-15-21)34-29(36)24(17-31)23-16-25(22-9-5-7-11-27(22)40-3)35(30(37)28(23)33-34)32-18-19-8-4-6-10-26(19)39-2/h4-16,18H,1-3H3. The number of nitriles is 1. The molecule has 0 aliphatic heterocycles. The van der Waals surface area contributed by atoms with E-state index in [1.807, 2.05) is 18.2 Å². The summed E-state index contributed by atoms with van der Waals surface area (Å²) in [7, 11) is 4.58. The van der Waals surface area contributed by atoms with Crippen LogP contribution in [0, 0.1) is 11.3 Å². The molecule has 0 saturated carbocycles. The maximum Gasteiger partial charge on any atom is 0.299 e. The molecule has 0 radical (unpaired) electrons. The van der Waals surface area contributed by atoms with E-state index in [-0.39, 0.29) is 16.5 Å². The molecule has 0 spiro atoms. The number of para-hydroxylation sites is 2. The Labute approximate surface area is 228 Å². The minimum atomic E-state index is -0.666. The van der Waals surface area contributed by atoms with E-state index in [1.165, 1.54) is 25.1 Å². The Bertz CT molecular complexity index is 1920. The largest absolute Gasteiger partial charge is 0.497 e. The van der Waals surface area contributed by atoms with Gasteiger partial charge in [-0.05, 0) is 54.6 Å². The first-order chi connectivity index (χ1) is 19.5. The van der Waals surface area contributed by atoms with Crippen molar-refractivity contribution in [3.05, 3.63) is 111 Å². The van der Waals surface area contributed by atoms with E-state index in [1.54, 1.807) is 73.8 Å². The van der Waals surface area contributed by atoms with Crippen LogP contribution in [0.25, 0.3) is 27.8 Å². The van der Waals surface area contributed by atoms with Gasteiger partial charge in [0.05, 0.1) is 38.9 Å². The van der Waals surface area contributed by atoms with Crippen LogP contribution in [-0.4, -0.2) is 42.0 Å². The molecule has 2 aromatic heterocycles. The fourth-order valence-corrected chi connectivity index (χ4v) is 4.31. The molecule has 5 rings (SSSR count). The molecule has 3 aromatic carbocycles. The zero-order valence-electron chi connectivity index (χ0n) is 21.9. The molecular weight excluding hydrogens is 510 g/mol. The molecule has 40 heavy (non-hydrogen) atoms. The molecule has 0 unspecified atom stereocenters. The SMILES string of the molecule is COc1ccc(-n2nc3c(=O)n(N=Cc4ccccc4OC)c(-c4ccccc4OC)cc3c(C#N)c2=O)cc1. The van der Waals surface area contributed by atoms with Crippen molar-refractivity contribution in [2.45, 2.75) is 0 Å². The van der Waals surface area contributed by atoms with E-state index < -0.39 is 11.1 Å². The molecule has 0 fully saturated rings. The van der Waals surface area contributed by atoms with E-state index in [4.69, 9.17) is 14.2 Å². The topological polar surface area (TPSA) is 121 Å². The van der Waals surface area contributed by atoms with Crippen molar-refractivity contribution in [3.63, 3.8) is 0 Å². The van der Waals surface area contributed by atoms with Gasteiger partial charge in [-0.25, -0.2) is 0 Å². The molecule has 10 nitrogen and oxygen atoms in total. The molecule has 0 aliphatic carbocycles. The molecule has 0 bridgehead atoms. The quantitative estimate of drug-likeness (QED) is 0.290. The molecule has 0 saturated heterocycles. The number of hydrogen-bond acceptors (Lipinski definition) is 8. The minimum Gasteiger partial charge on any atom is -0.497 e. The van der Waals surface area contributed by atoms with E-state index in [0.29, 0.717) is 39.8 Å². The van der Waals surface area contributed by atoms with Crippen LogP contribution < -0.4 is 25.3 Å². The molecule has 0 amide bonds. The molecule has 0 atom stereocenters. The summed E-state index contributed by atoms with van der Waals surface area (Å²) in [6, 6.07) is 24.3. The Hall–Kier alpha value is -5.69. The summed E-state index contributed by atoms with van der Waals surface area (Å²) in [5.74, 6) is 1.62. The predicted molar refractivity (Wildman–Crippen MR) is 151 cm³/mol. The summed E-state index contributed by atoms with van der Waals surface area (Å²) >= 11 is 0. The van der Waals surface area contributed by atoms with Gasteiger partial charge in [0.25, 0.3) is 11.1 Å². The van der Waals surface area contributed by atoms with Crippen LogP contribution in [0.2, 0.25) is 0 Å². The van der Waals surface area contributed by atoms with Crippen LogP contribution in [0.3, 0.4) is 0 Å². The first kappa shape index (κ1) is 25.9. The number of fused-ring (bicyclic) bond motifs is 1. The van der Waals surface area contributed by atoms with Crippen molar-refractivity contribution in [2.75, 3.05) is 21.3 Å². The average molecular weight is 534 g/mol. The molecule has 10 heteroatoms. The number of rotatable bonds is 7. The van der Waals surface area contributed by atoms with Gasteiger partial charge in [-0.1, -0.05) is 24.3 Å². The zero-order chi connectivity index (χ0) is 28.2. The third kappa shape index (κ3) is 4.56. The third-order valence-corrected chi connectivity index (χ3v) is 6.30. The van der Waals surface area contributed by atoms with Crippen LogP contribution in [0.1, 0.15) is 11.1 Å². The van der Waals surface area contributed by atoms with Gasteiger partial charge >= 0.3 is 0 Å². The number of pyridine rings is 1. The lowest BCUT2D eigenvalue weighted by molar-refractivity contribution is 0.414. The van der Waals surface area contributed by atoms with Gasteiger partial charge in [0.15, 0.2) is 5.52 Å². The van der Waals surface area contributed by atoms with Crippen molar-refractivity contribution in [3.8, 4) is 40.3 Å². The number of hydrogen-bond donors (Lipinski definition) is 0. The Kier molecular flexibility index (Phi) is 7.11. The third-order valence-electron chi connectivity index (χ3n) is 6.30. The van der Waals surface area contributed by atoms with Gasteiger partial charge < -0.3 is 14.2 Å². The maximum absolute atomic E-state index is 14.0. The fraction of sp³-hybridized carbons (Fsp3) is 0.100. The number of benzene rings is 3. The first-order valence-corrected chi connectivity index (χ1v) is 12.1. The highest BCUT2D eigenvalue weighted by Gasteiger charge is 2.21. The van der Waals surface area contributed by atoms with E-state index in [0.717, 1.165) is 4.68 Å². The Morgan fingerprint density at radius 1 is 0.850 bits per heavy atom. The number of aromatic nitrogens is 3. The second kappa shape index (κ2) is 11.0. The van der Waals surface area contributed by atoms with Gasteiger partial charge in [0.1, 0.15) is 28.9 Å². The summed E-state index contributed by atoms with van der Waals surface area (Å²) in [4.78, 5) is 27.4. The van der Waals surface area contributed by atoms with Crippen molar-refractivity contribution in [1.82, 2.24) is 14.5 Å². The lowest BCUT2D eigenvalue weighted by Gasteiger charge is -2.15. The van der Waals surface area contributed by atoms with Gasteiger partial charge in [-0.3, -0.25) is 9.59 Å². The van der Waals surface area contributed by atoms with Crippen LogP contribution in [0.4, 0.5) is 0 Å². The molecule has 198 valence electrons. The van der Waals surface area contributed by atoms with Crippen molar-refractivity contribution in [2.24, 2.45) is 5.10 Å². The van der Waals surface area contributed by atoms with E-state index in [2.05, 4.69) is 10.2 Å². The second-order valence-corrected chi connectivity index (χ2v) is 8.50. The normalized spacial score (nSPS) is 10.9. The Morgan fingerprint density at radius 2 is 1.52 bits per heavy atom. The van der Waals surface area contributed by atoms with Crippen LogP contribution in [-0.2, 0) is 0 Å². The van der Waals surface area contributed by atoms with Crippen LogP contribution in [0.5, 0.6) is 17.2 Å². The Morgan fingerprint density at radius 3 is 2.20 bits per heavy atom. The van der Waals surface area contributed by atoms with Gasteiger partial charge in [0.2, 0.25) is 0 Å². The van der Waals surface area contributed by atoms with E-state index in [9.17, 15) is 14.9 Å². The molecule has 0 aliphatic rings. The van der Waals surface area contributed by atoms with Crippen molar-refractivity contribution in [1.29, 1.82) is 5.26 Å². The number of methoxy groups -OCH3 is 3. The van der Waals surface area contributed by atoms with E-state index >= 15 is 0 Å². The zero-order valence-corrected chi connectivity index (χ0v) is 21.9. The second-order valence-electron chi connectivity index (χ2n) is 8.50. The fourth-order valence-electron chi connectivity index (χ4n) is 4.31. The summed E-state index contributed by atoms with van der Waals surface area (Å²) in [6.45, 7) is 0. The van der Waals surface area contributed by atoms with Gasteiger partial charge in [0, 0.05) is 16.5 Å². The average Bonchev–Trinajstić information content (AvgIpc) is 3.00. The molecule has 5 aromatic rings. The molecule has 0 N–H and O–H groups in total. The minimum absolute atomic E-state index is 0.104. The summed E-state index contributed by atoms with van der Waals surface area (Å²) < 4.78 is 18.3. The lowest BCUT2D eigenvalue weighted by Crippen LogP contribution is -2.29. The highest BCUT2D eigenvalue weighted by atomic mass is 16.5. The predicted octanol–water partition coefficient (Wildman–Crippen LogP) is 3.99. The van der Waals surface area contributed by atoms with Gasteiger partial charge in [-0.2, -0.15) is 24.8 Å². The summed E-state index contributed by atoms with van der Waals surface area (Å²) in [6.07, 6.45) is 1.50. The van der Waals surface area contributed by atoms with Crippen molar-refractivity contribution >= 4 is 17.1 Å². The molecular formula is C30H23N5O5. The summed E-state index contributed by atoms with van der Waals surface area (Å²) in [5.41, 5.74) is 0.200. The van der Waals surface area contributed by atoms with Crippen LogP contribution in [0.15, 0.2) is 93.6 Å².